The molecule has 0 bridgehead atoms. The van der Waals surface area contributed by atoms with E-state index in [9.17, 15) is 4.79 Å². The SMILES string of the molecule is Cn1cc(Br)cc1C(=O)NCc1nncn1C1CC1. The number of carbonyl (C=O) groups excluding carboxylic acids is 1. The monoisotopic (exact) mass is 323 g/mol. The van der Waals surface area contributed by atoms with Crippen molar-refractivity contribution >= 4 is 21.8 Å². The van der Waals surface area contributed by atoms with Crippen LogP contribution in [-0.2, 0) is 13.6 Å². The number of nitrogens with zero attached hydrogens (tertiary/aromatic N) is 4. The van der Waals surface area contributed by atoms with Crippen LogP contribution in [0.25, 0.3) is 0 Å². The second-order valence-electron chi connectivity index (χ2n) is 4.72. The van der Waals surface area contributed by atoms with Gasteiger partial charge in [0.25, 0.3) is 5.91 Å². The Balaban J connectivity index is 1.67. The molecule has 0 radical (unpaired) electrons. The molecule has 2 aromatic rings. The van der Waals surface area contributed by atoms with E-state index in [4.69, 9.17) is 0 Å². The first kappa shape index (κ1) is 12.4. The Kier molecular flexibility index (Phi) is 3.14. The number of amides is 1. The first-order chi connectivity index (χ1) is 9.15. The molecule has 0 atom stereocenters. The van der Waals surface area contributed by atoms with E-state index in [2.05, 4.69) is 31.4 Å². The standard InChI is InChI=1S/C12H14BrN5O/c1-17-6-8(13)4-10(17)12(19)14-5-11-16-15-7-18(11)9-2-3-9/h4,6-7,9H,2-3,5H2,1H3,(H,14,19). The van der Waals surface area contributed by atoms with Crippen molar-refractivity contribution < 1.29 is 4.79 Å². The summed E-state index contributed by atoms with van der Waals surface area (Å²) in [6.45, 7) is 0.401. The molecule has 1 N–H and O–H groups in total. The Morgan fingerprint density at radius 3 is 3.00 bits per heavy atom. The largest absolute Gasteiger partial charge is 0.345 e. The minimum absolute atomic E-state index is 0.112. The highest BCUT2D eigenvalue weighted by atomic mass is 79.9. The summed E-state index contributed by atoms with van der Waals surface area (Å²) in [4.78, 5) is 12.1. The second-order valence-corrected chi connectivity index (χ2v) is 5.64. The van der Waals surface area contributed by atoms with Crippen molar-refractivity contribution in [2.45, 2.75) is 25.4 Å². The van der Waals surface area contributed by atoms with Gasteiger partial charge in [-0.1, -0.05) is 0 Å². The zero-order valence-corrected chi connectivity index (χ0v) is 12.1. The molecule has 0 spiro atoms. The molecule has 1 fully saturated rings. The molecule has 2 aromatic heterocycles. The number of aromatic nitrogens is 4. The number of rotatable bonds is 4. The van der Waals surface area contributed by atoms with Gasteiger partial charge in [0.05, 0.1) is 6.54 Å². The lowest BCUT2D eigenvalue weighted by molar-refractivity contribution is 0.0941. The molecule has 6 nitrogen and oxygen atoms in total. The van der Waals surface area contributed by atoms with Crippen LogP contribution in [0.4, 0.5) is 0 Å². The van der Waals surface area contributed by atoms with Crippen LogP contribution in [-0.4, -0.2) is 25.2 Å². The molecule has 1 aliphatic carbocycles. The van der Waals surface area contributed by atoms with Crippen LogP contribution < -0.4 is 5.32 Å². The summed E-state index contributed by atoms with van der Waals surface area (Å²) in [7, 11) is 1.84. The summed E-state index contributed by atoms with van der Waals surface area (Å²) in [5.41, 5.74) is 0.615. The van der Waals surface area contributed by atoms with Crippen molar-refractivity contribution in [3.8, 4) is 0 Å². The second kappa shape index (κ2) is 4.80. The van der Waals surface area contributed by atoms with Gasteiger partial charge in [0, 0.05) is 23.8 Å². The first-order valence-corrected chi connectivity index (χ1v) is 6.93. The van der Waals surface area contributed by atoms with Gasteiger partial charge in [-0.25, -0.2) is 0 Å². The molecule has 0 unspecified atom stereocenters. The van der Waals surface area contributed by atoms with Gasteiger partial charge in [-0.2, -0.15) is 0 Å². The van der Waals surface area contributed by atoms with Crippen LogP contribution in [0.15, 0.2) is 23.1 Å². The summed E-state index contributed by atoms with van der Waals surface area (Å²) < 4.78 is 4.72. The number of hydrogen-bond donors (Lipinski definition) is 1. The number of aryl methyl sites for hydroxylation is 1. The lowest BCUT2D eigenvalue weighted by Gasteiger charge is -2.07. The third-order valence-electron chi connectivity index (χ3n) is 3.20. The van der Waals surface area contributed by atoms with Crippen LogP contribution in [0.1, 0.15) is 35.2 Å². The summed E-state index contributed by atoms with van der Waals surface area (Å²) >= 11 is 3.35. The minimum Gasteiger partial charge on any atom is -0.345 e. The van der Waals surface area contributed by atoms with Crippen LogP contribution in [0.2, 0.25) is 0 Å². The maximum absolute atomic E-state index is 12.1. The molecule has 1 saturated carbocycles. The average molecular weight is 324 g/mol. The average Bonchev–Trinajstić information content (AvgIpc) is 3.01. The Morgan fingerprint density at radius 1 is 1.58 bits per heavy atom. The quantitative estimate of drug-likeness (QED) is 0.930. The highest BCUT2D eigenvalue weighted by Gasteiger charge is 2.26. The maximum atomic E-state index is 12.1. The van der Waals surface area contributed by atoms with Gasteiger partial charge in [-0.05, 0) is 34.8 Å². The van der Waals surface area contributed by atoms with E-state index >= 15 is 0 Å². The van der Waals surface area contributed by atoms with Gasteiger partial charge >= 0.3 is 0 Å². The van der Waals surface area contributed by atoms with Crippen molar-refractivity contribution in [1.29, 1.82) is 0 Å². The van der Waals surface area contributed by atoms with Gasteiger partial charge in [0.1, 0.15) is 12.0 Å². The molecule has 7 heteroatoms. The van der Waals surface area contributed by atoms with Gasteiger partial charge in [-0.3, -0.25) is 4.79 Å². The van der Waals surface area contributed by atoms with Gasteiger partial charge in [0.15, 0.2) is 5.82 Å². The van der Waals surface area contributed by atoms with E-state index in [1.54, 1.807) is 17.0 Å². The van der Waals surface area contributed by atoms with E-state index in [0.717, 1.165) is 10.3 Å². The molecule has 3 rings (SSSR count). The van der Waals surface area contributed by atoms with Crippen molar-refractivity contribution in [1.82, 2.24) is 24.6 Å². The molecule has 2 heterocycles. The molecular weight excluding hydrogens is 310 g/mol. The first-order valence-electron chi connectivity index (χ1n) is 6.13. The predicted molar refractivity (Wildman–Crippen MR) is 72.6 cm³/mol. The lowest BCUT2D eigenvalue weighted by Crippen LogP contribution is -2.26. The Labute approximate surface area is 118 Å². The normalized spacial score (nSPS) is 14.6. The molecular formula is C12H14BrN5O. The van der Waals surface area contributed by atoms with E-state index in [0.29, 0.717) is 18.3 Å². The number of nitrogens with one attached hydrogen (secondary N) is 1. The fourth-order valence-corrected chi connectivity index (χ4v) is 2.57. The van der Waals surface area contributed by atoms with Crippen LogP contribution in [0.5, 0.6) is 0 Å². The molecule has 1 amide bonds. The van der Waals surface area contributed by atoms with Crippen molar-refractivity contribution in [2.24, 2.45) is 7.05 Å². The van der Waals surface area contributed by atoms with Gasteiger partial charge in [0.2, 0.25) is 0 Å². The lowest BCUT2D eigenvalue weighted by atomic mass is 10.4. The minimum atomic E-state index is -0.112. The number of halogens is 1. The maximum Gasteiger partial charge on any atom is 0.268 e. The summed E-state index contributed by atoms with van der Waals surface area (Å²) in [6.07, 6.45) is 5.92. The molecule has 0 aliphatic heterocycles. The molecule has 19 heavy (non-hydrogen) atoms. The summed E-state index contributed by atoms with van der Waals surface area (Å²) in [6, 6.07) is 2.31. The van der Waals surface area contributed by atoms with E-state index < -0.39 is 0 Å². The number of hydrogen-bond acceptors (Lipinski definition) is 3. The zero-order chi connectivity index (χ0) is 13.4. The van der Waals surface area contributed by atoms with Crippen molar-refractivity contribution in [3.05, 3.63) is 34.6 Å². The third kappa shape index (κ3) is 2.56. The predicted octanol–water partition coefficient (Wildman–Crippen LogP) is 1.64. The highest BCUT2D eigenvalue weighted by Crippen LogP contribution is 2.35. The van der Waals surface area contributed by atoms with Crippen LogP contribution in [0, 0.1) is 0 Å². The van der Waals surface area contributed by atoms with Crippen molar-refractivity contribution in [3.63, 3.8) is 0 Å². The van der Waals surface area contributed by atoms with E-state index in [1.165, 1.54) is 12.8 Å². The molecule has 0 aromatic carbocycles. The van der Waals surface area contributed by atoms with E-state index in [-0.39, 0.29) is 5.91 Å². The van der Waals surface area contributed by atoms with E-state index in [1.807, 2.05) is 17.8 Å². The van der Waals surface area contributed by atoms with Crippen LogP contribution >= 0.6 is 15.9 Å². The molecule has 0 saturated heterocycles. The Bertz CT molecular complexity index is 613. The zero-order valence-electron chi connectivity index (χ0n) is 10.5. The Morgan fingerprint density at radius 2 is 2.37 bits per heavy atom. The smallest absolute Gasteiger partial charge is 0.268 e. The fraction of sp³-hybridized carbons (Fsp3) is 0.417. The van der Waals surface area contributed by atoms with Gasteiger partial charge < -0.3 is 14.5 Å². The van der Waals surface area contributed by atoms with Crippen molar-refractivity contribution in [2.75, 3.05) is 0 Å². The molecule has 100 valence electrons. The van der Waals surface area contributed by atoms with Crippen LogP contribution in [0.3, 0.4) is 0 Å². The Hall–Kier alpha value is -1.63. The number of carbonyl (C=O) groups is 1. The topological polar surface area (TPSA) is 64.7 Å². The summed E-state index contributed by atoms with van der Waals surface area (Å²) in [5.74, 6) is 0.697. The van der Waals surface area contributed by atoms with Gasteiger partial charge in [-0.15, -0.1) is 10.2 Å². The third-order valence-corrected chi connectivity index (χ3v) is 3.63. The molecule has 1 aliphatic rings. The fourth-order valence-electron chi connectivity index (χ4n) is 2.05. The summed E-state index contributed by atoms with van der Waals surface area (Å²) in [5, 5.41) is 10.8. The highest BCUT2D eigenvalue weighted by molar-refractivity contribution is 9.10.